The minimum absolute atomic E-state index is 0.418. The van der Waals surface area contributed by atoms with Crippen LogP contribution in [0.3, 0.4) is 0 Å². The smallest absolute Gasteiger partial charge is 0.0314 e. The van der Waals surface area contributed by atoms with Gasteiger partial charge in [0.1, 0.15) is 0 Å². The minimum Gasteiger partial charge on any atom is -0.399 e. The molecule has 2 nitrogen and oxygen atoms in total. The molecule has 1 saturated carbocycles. The normalized spacial score (nSPS) is 17.1. The van der Waals surface area contributed by atoms with Gasteiger partial charge in [0.2, 0.25) is 0 Å². The monoisotopic (exact) mass is 264 g/mol. The number of benzene rings is 1. The van der Waals surface area contributed by atoms with Crippen LogP contribution in [0.2, 0.25) is 0 Å². The van der Waals surface area contributed by atoms with Gasteiger partial charge < -0.3 is 10.6 Å². The second-order valence-electron chi connectivity index (χ2n) is 5.49. The van der Waals surface area contributed by atoms with Crippen LogP contribution in [0.4, 0.5) is 5.69 Å². The molecule has 0 unspecified atom stereocenters. The topological polar surface area (TPSA) is 29.3 Å². The standard InChI is InChI=1S/C15H24N2S/c1-17(10-3-11-18-2)12-15(8-9-15)13-4-6-14(16)7-5-13/h4-7H,3,8-12,16H2,1-2H3. The lowest BCUT2D eigenvalue weighted by molar-refractivity contribution is 0.303. The van der Waals surface area contributed by atoms with Crippen molar-refractivity contribution >= 4 is 17.4 Å². The van der Waals surface area contributed by atoms with Crippen LogP contribution in [-0.2, 0) is 5.41 Å². The van der Waals surface area contributed by atoms with Gasteiger partial charge in [-0.1, -0.05) is 12.1 Å². The lowest BCUT2D eigenvalue weighted by Crippen LogP contribution is -2.30. The van der Waals surface area contributed by atoms with E-state index in [9.17, 15) is 0 Å². The SMILES string of the molecule is CSCCCN(C)CC1(c2ccc(N)cc2)CC1. The number of anilines is 1. The zero-order valence-electron chi connectivity index (χ0n) is 11.5. The van der Waals surface area contributed by atoms with E-state index in [1.165, 1.54) is 43.7 Å². The second kappa shape index (κ2) is 5.98. The predicted molar refractivity (Wildman–Crippen MR) is 82.3 cm³/mol. The summed E-state index contributed by atoms with van der Waals surface area (Å²) in [4.78, 5) is 2.49. The first-order valence-electron chi connectivity index (χ1n) is 6.70. The van der Waals surface area contributed by atoms with E-state index in [0.29, 0.717) is 5.41 Å². The Morgan fingerprint density at radius 1 is 1.28 bits per heavy atom. The van der Waals surface area contributed by atoms with Crippen LogP contribution in [0.1, 0.15) is 24.8 Å². The van der Waals surface area contributed by atoms with Crippen LogP contribution in [0.25, 0.3) is 0 Å². The summed E-state index contributed by atoms with van der Waals surface area (Å²) in [5.41, 5.74) is 8.51. The fourth-order valence-electron chi connectivity index (χ4n) is 2.60. The summed E-state index contributed by atoms with van der Waals surface area (Å²) in [7, 11) is 2.25. The molecular weight excluding hydrogens is 240 g/mol. The molecule has 1 aliphatic carbocycles. The van der Waals surface area contributed by atoms with E-state index >= 15 is 0 Å². The molecule has 0 bridgehead atoms. The van der Waals surface area contributed by atoms with Crippen molar-refractivity contribution in [3.05, 3.63) is 29.8 Å². The van der Waals surface area contributed by atoms with Crippen LogP contribution >= 0.6 is 11.8 Å². The maximum atomic E-state index is 5.76. The molecule has 2 N–H and O–H groups in total. The van der Waals surface area contributed by atoms with Crippen molar-refractivity contribution in [3.63, 3.8) is 0 Å². The van der Waals surface area contributed by atoms with Crippen LogP contribution in [0.5, 0.6) is 0 Å². The minimum atomic E-state index is 0.418. The molecule has 0 spiro atoms. The van der Waals surface area contributed by atoms with Crippen molar-refractivity contribution in [2.75, 3.05) is 37.9 Å². The highest BCUT2D eigenvalue weighted by atomic mass is 32.2. The fraction of sp³-hybridized carbons (Fsp3) is 0.600. The van der Waals surface area contributed by atoms with Gasteiger partial charge in [0.15, 0.2) is 0 Å². The molecule has 1 aliphatic rings. The number of nitrogen functional groups attached to an aromatic ring is 1. The van der Waals surface area contributed by atoms with Gasteiger partial charge in [0, 0.05) is 17.6 Å². The van der Waals surface area contributed by atoms with E-state index in [4.69, 9.17) is 5.73 Å². The van der Waals surface area contributed by atoms with Crippen molar-refractivity contribution in [2.24, 2.45) is 0 Å². The summed E-state index contributed by atoms with van der Waals surface area (Å²) in [5.74, 6) is 1.26. The van der Waals surface area contributed by atoms with E-state index in [-0.39, 0.29) is 0 Å². The molecule has 0 aliphatic heterocycles. The van der Waals surface area contributed by atoms with Crippen molar-refractivity contribution in [1.82, 2.24) is 4.90 Å². The highest BCUT2D eigenvalue weighted by Crippen LogP contribution is 2.48. The van der Waals surface area contributed by atoms with Crippen molar-refractivity contribution in [1.29, 1.82) is 0 Å². The molecule has 0 saturated heterocycles. The van der Waals surface area contributed by atoms with Crippen LogP contribution in [-0.4, -0.2) is 37.0 Å². The summed E-state index contributed by atoms with van der Waals surface area (Å²) in [5, 5.41) is 0. The van der Waals surface area contributed by atoms with E-state index < -0.39 is 0 Å². The highest BCUT2D eigenvalue weighted by molar-refractivity contribution is 7.98. The highest BCUT2D eigenvalue weighted by Gasteiger charge is 2.44. The number of nitrogens with zero attached hydrogens (tertiary/aromatic N) is 1. The first-order valence-corrected chi connectivity index (χ1v) is 8.09. The van der Waals surface area contributed by atoms with Gasteiger partial charge >= 0.3 is 0 Å². The zero-order chi connectivity index (χ0) is 13.0. The lowest BCUT2D eigenvalue weighted by atomic mass is 9.95. The molecular formula is C15H24N2S. The molecule has 18 heavy (non-hydrogen) atoms. The maximum Gasteiger partial charge on any atom is 0.0314 e. The Hall–Kier alpha value is -0.670. The summed E-state index contributed by atoms with van der Waals surface area (Å²) in [6.45, 7) is 2.39. The molecule has 1 fully saturated rings. The van der Waals surface area contributed by atoms with E-state index in [0.717, 1.165) is 5.69 Å². The Morgan fingerprint density at radius 2 is 1.94 bits per heavy atom. The lowest BCUT2D eigenvalue weighted by Gasteiger charge is -2.24. The largest absolute Gasteiger partial charge is 0.399 e. The Morgan fingerprint density at radius 3 is 2.50 bits per heavy atom. The van der Waals surface area contributed by atoms with Gasteiger partial charge in [0.25, 0.3) is 0 Å². The molecule has 1 aromatic rings. The molecule has 100 valence electrons. The third-order valence-electron chi connectivity index (χ3n) is 3.84. The van der Waals surface area contributed by atoms with Gasteiger partial charge in [0.05, 0.1) is 0 Å². The fourth-order valence-corrected chi connectivity index (χ4v) is 3.02. The van der Waals surface area contributed by atoms with Crippen LogP contribution in [0.15, 0.2) is 24.3 Å². The summed E-state index contributed by atoms with van der Waals surface area (Å²) in [6.07, 6.45) is 6.11. The van der Waals surface area contributed by atoms with Gasteiger partial charge in [-0.2, -0.15) is 11.8 Å². The quantitative estimate of drug-likeness (QED) is 0.606. The summed E-state index contributed by atoms with van der Waals surface area (Å²) < 4.78 is 0. The van der Waals surface area contributed by atoms with Gasteiger partial charge in [-0.05, 0) is 62.6 Å². The molecule has 0 amide bonds. The molecule has 0 aromatic heterocycles. The van der Waals surface area contributed by atoms with Gasteiger partial charge in [-0.25, -0.2) is 0 Å². The summed E-state index contributed by atoms with van der Waals surface area (Å²) in [6, 6.07) is 8.47. The number of hydrogen-bond acceptors (Lipinski definition) is 3. The zero-order valence-corrected chi connectivity index (χ0v) is 12.3. The van der Waals surface area contributed by atoms with Crippen molar-refractivity contribution in [2.45, 2.75) is 24.7 Å². The summed E-state index contributed by atoms with van der Waals surface area (Å²) >= 11 is 1.93. The number of hydrogen-bond donors (Lipinski definition) is 1. The molecule has 0 heterocycles. The Balaban J connectivity index is 1.89. The molecule has 0 atom stereocenters. The third-order valence-corrected chi connectivity index (χ3v) is 4.53. The Labute approximate surface area is 115 Å². The van der Waals surface area contributed by atoms with Crippen molar-refractivity contribution in [3.8, 4) is 0 Å². The van der Waals surface area contributed by atoms with E-state index in [1.54, 1.807) is 0 Å². The van der Waals surface area contributed by atoms with E-state index in [1.807, 2.05) is 23.9 Å². The second-order valence-corrected chi connectivity index (χ2v) is 6.47. The molecule has 1 aromatic carbocycles. The van der Waals surface area contributed by atoms with Gasteiger partial charge in [-0.15, -0.1) is 0 Å². The first kappa shape index (κ1) is 13.8. The number of thioether (sulfide) groups is 1. The van der Waals surface area contributed by atoms with E-state index in [2.05, 4.69) is 30.3 Å². The molecule has 2 rings (SSSR count). The van der Waals surface area contributed by atoms with Crippen LogP contribution in [0, 0.1) is 0 Å². The van der Waals surface area contributed by atoms with Crippen molar-refractivity contribution < 1.29 is 0 Å². The first-order chi connectivity index (χ1) is 8.66. The molecule has 0 radical (unpaired) electrons. The Kier molecular flexibility index (Phi) is 4.57. The Bertz CT molecular complexity index is 371. The molecule has 3 heteroatoms. The average molecular weight is 264 g/mol. The maximum absolute atomic E-state index is 5.76. The number of rotatable bonds is 7. The van der Waals surface area contributed by atoms with Crippen LogP contribution < -0.4 is 5.73 Å². The third kappa shape index (κ3) is 3.42. The number of nitrogens with two attached hydrogens (primary N) is 1. The average Bonchev–Trinajstić information content (AvgIpc) is 3.11. The number of likely N-dealkylation sites (N-methyl/N-ethyl adjacent to an activating group) is 1. The predicted octanol–water partition coefficient (Wildman–Crippen LogP) is 2.99. The van der Waals surface area contributed by atoms with Gasteiger partial charge in [-0.3, -0.25) is 0 Å².